The van der Waals surface area contributed by atoms with Crippen LogP contribution in [0.1, 0.15) is 61.3 Å². The zero-order valence-corrected chi connectivity index (χ0v) is 34.2. The molecule has 2 amide bonds. The number of sulfonamides is 2. The highest BCUT2D eigenvalue weighted by Gasteiger charge is 2.33. The fourth-order valence-electron chi connectivity index (χ4n) is 7.80. The van der Waals surface area contributed by atoms with Crippen molar-refractivity contribution in [3.63, 3.8) is 0 Å². The van der Waals surface area contributed by atoms with Crippen LogP contribution in [0.5, 0.6) is 11.5 Å². The number of ether oxygens (including phenoxy) is 2. The third-order valence-corrected chi connectivity index (χ3v) is 14.1. The molecule has 0 bridgehead atoms. The Bertz CT molecular complexity index is 2110. The van der Waals surface area contributed by atoms with Crippen LogP contribution in [0, 0.1) is 23.7 Å². The van der Waals surface area contributed by atoms with Gasteiger partial charge in [-0.15, -0.1) is 0 Å². The van der Waals surface area contributed by atoms with Crippen LogP contribution in [-0.4, -0.2) is 77.7 Å². The van der Waals surface area contributed by atoms with E-state index in [1.54, 1.807) is 24.3 Å². The summed E-state index contributed by atoms with van der Waals surface area (Å²) in [6.45, 7) is 10.1. The summed E-state index contributed by atoms with van der Waals surface area (Å²) in [4.78, 5) is 26.8. The highest BCUT2D eigenvalue weighted by Crippen LogP contribution is 2.36. The predicted molar refractivity (Wildman–Crippen MR) is 217 cm³/mol. The first kappa shape index (κ1) is 40.9. The summed E-state index contributed by atoms with van der Waals surface area (Å²) in [5.74, 6) is 1.05. The van der Waals surface area contributed by atoms with E-state index in [0.717, 1.165) is 24.0 Å². The smallest absolute Gasteiger partial charge is 0.255 e. The van der Waals surface area contributed by atoms with Gasteiger partial charge in [0.2, 0.25) is 20.0 Å². The summed E-state index contributed by atoms with van der Waals surface area (Å²) in [5.41, 5.74) is 2.93. The zero-order valence-electron chi connectivity index (χ0n) is 32.6. The van der Waals surface area contributed by atoms with Crippen LogP contribution >= 0.6 is 0 Å². The predicted octanol–water partition coefficient (Wildman–Crippen LogP) is 7.21. The van der Waals surface area contributed by atoms with Crippen molar-refractivity contribution in [3.8, 4) is 22.6 Å². The Kier molecular flexibility index (Phi) is 12.2. The number of piperidine rings is 2. The van der Waals surface area contributed by atoms with Gasteiger partial charge in [0, 0.05) is 37.3 Å². The molecular formula is C42H50N4O8S2. The molecule has 0 radical (unpaired) electrons. The van der Waals surface area contributed by atoms with Crippen molar-refractivity contribution >= 4 is 43.2 Å². The molecule has 0 aromatic heterocycles. The van der Waals surface area contributed by atoms with Crippen molar-refractivity contribution in [2.24, 2.45) is 23.7 Å². The number of methoxy groups -OCH3 is 2. The van der Waals surface area contributed by atoms with Crippen LogP contribution in [0.15, 0.2) is 94.7 Å². The maximum atomic E-state index is 13.3. The fraction of sp³-hybridized carbons (Fsp3) is 0.381. The first-order valence-electron chi connectivity index (χ1n) is 18.8. The summed E-state index contributed by atoms with van der Waals surface area (Å²) in [7, 11) is -4.37. The molecule has 0 unspecified atom stereocenters. The van der Waals surface area contributed by atoms with E-state index in [0.29, 0.717) is 60.2 Å². The highest BCUT2D eigenvalue weighted by molar-refractivity contribution is 7.89. The Balaban J connectivity index is 1.12. The van der Waals surface area contributed by atoms with E-state index in [1.807, 2.05) is 12.1 Å². The molecular weight excluding hydrogens is 753 g/mol. The van der Waals surface area contributed by atoms with Crippen molar-refractivity contribution in [2.45, 2.75) is 50.3 Å². The standard InChI is InChI=1S/C42H50N4O8S2/c1-27-19-28(2)24-45(23-27)55(49,50)35-13-7-31(8-14-35)41(47)43-37-17-11-33(21-39(37)53-5)34-12-18-38(40(22-34)54-6)44-42(48)32-9-15-36(16-10-32)56(51,52)46-25-29(3)20-30(4)26-46/h7-18,21-22,27-30H,19-20,23-26H2,1-6H3,(H,43,47)(H,44,48)/t27-,28-,29-,30-/m1/s1. The summed E-state index contributed by atoms with van der Waals surface area (Å²) in [6, 6.07) is 22.4. The first-order chi connectivity index (χ1) is 26.6. The second-order valence-electron chi connectivity index (χ2n) is 15.3. The molecule has 6 rings (SSSR count). The minimum Gasteiger partial charge on any atom is -0.495 e. The number of nitrogens with zero attached hydrogens (tertiary/aromatic N) is 2. The van der Waals surface area contributed by atoms with Crippen LogP contribution in [0.4, 0.5) is 11.4 Å². The second kappa shape index (κ2) is 16.8. The summed E-state index contributed by atoms with van der Waals surface area (Å²) in [6.07, 6.45) is 1.98. The number of hydrogen-bond acceptors (Lipinski definition) is 8. The molecule has 56 heavy (non-hydrogen) atoms. The van der Waals surface area contributed by atoms with Crippen molar-refractivity contribution in [1.82, 2.24) is 8.61 Å². The normalized spacial score (nSPS) is 20.9. The number of nitrogens with one attached hydrogen (secondary N) is 2. The Morgan fingerprint density at radius 1 is 0.536 bits per heavy atom. The molecule has 0 saturated carbocycles. The van der Waals surface area contributed by atoms with E-state index >= 15 is 0 Å². The molecule has 0 spiro atoms. The monoisotopic (exact) mass is 802 g/mol. The molecule has 2 heterocycles. The van der Waals surface area contributed by atoms with Gasteiger partial charge in [0.25, 0.3) is 11.8 Å². The lowest BCUT2D eigenvalue weighted by Gasteiger charge is -2.34. The second-order valence-corrected chi connectivity index (χ2v) is 19.2. The van der Waals surface area contributed by atoms with Gasteiger partial charge in [0.1, 0.15) is 11.5 Å². The Morgan fingerprint density at radius 2 is 0.857 bits per heavy atom. The van der Waals surface area contributed by atoms with Crippen molar-refractivity contribution in [3.05, 3.63) is 96.1 Å². The number of rotatable bonds is 11. The van der Waals surface area contributed by atoms with Crippen molar-refractivity contribution in [2.75, 3.05) is 51.0 Å². The minimum atomic E-state index is -3.68. The maximum absolute atomic E-state index is 13.3. The molecule has 298 valence electrons. The number of carbonyl (C=O) groups excluding carboxylic acids is 2. The molecule has 2 aliphatic heterocycles. The van der Waals surface area contributed by atoms with Crippen molar-refractivity contribution in [1.29, 1.82) is 0 Å². The SMILES string of the molecule is COc1cc(-c2ccc(NC(=O)c3ccc(S(=O)(=O)N4C[C@H](C)C[C@@H](C)C4)cc3)c(OC)c2)ccc1NC(=O)c1ccc(S(=O)(=O)N2C[C@H](C)C[C@@H](C)C2)cc1. The van der Waals surface area contributed by atoms with Gasteiger partial charge in [-0.1, -0.05) is 39.8 Å². The average Bonchev–Trinajstić information content (AvgIpc) is 3.17. The molecule has 0 aliphatic carbocycles. The van der Waals surface area contributed by atoms with Gasteiger partial charge in [0.05, 0.1) is 35.4 Å². The average molecular weight is 803 g/mol. The van der Waals surface area contributed by atoms with Gasteiger partial charge >= 0.3 is 0 Å². The van der Waals surface area contributed by atoms with E-state index in [9.17, 15) is 26.4 Å². The van der Waals surface area contributed by atoms with E-state index in [-0.39, 0.29) is 33.5 Å². The number of hydrogen-bond donors (Lipinski definition) is 2. The lowest BCUT2D eigenvalue weighted by molar-refractivity contribution is 0.101. The number of anilines is 2. The maximum Gasteiger partial charge on any atom is 0.255 e. The van der Waals surface area contributed by atoms with Crippen LogP contribution in [-0.2, 0) is 20.0 Å². The van der Waals surface area contributed by atoms with E-state index < -0.39 is 31.9 Å². The molecule has 12 nitrogen and oxygen atoms in total. The quantitative estimate of drug-likeness (QED) is 0.162. The summed E-state index contributed by atoms with van der Waals surface area (Å²) < 4.78 is 67.5. The topological polar surface area (TPSA) is 151 Å². The molecule has 4 aromatic carbocycles. The molecule has 2 N–H and O–H groups in total. The van der Waals surface area contributed by atoms with Crippen LogP contribution in [0.3, 0.4) is 0 Å². The van der Waals surface area contributed by atoms with Crippen LogP contribution < -0.4 is 20.1 Å². The lowest BCUT2D eigenvalue weighted by atomic mass is 9.94. The van der Waals surface area contributed by atoms with Gasteiger partial charge in [-0.3, -0.25) is 9.59 Å². The summed E-state index contributed by atoms with van der Waals surface area (Å²) in [5, 5.41) is 5.72. The lowest BCUT2D eigenvalue weighted by Crippen LogP contribution is -2.42. The molecule has 2 aliphatic rings. The number of benzene rings is 4. The Morgan fingerprint density at radius 3 is 1.16 bits per heavy atom. The molecule has 4 atom stereocenters. The van der Waals surface area contributed by atoms with E-state index in [1.165, 1.54) is 71.4 Å². The zero-order chi connectivity index (χ0) is 40.4. The molecule has 4 aromatic rings. The van der Waals surface area contributed by atoms with Gasteiger partial charge in [-0.05, 0) is 120 Å². The number of carbonyl (C=O) groups is 2. The highest BCUT2D eigenvalue weighted by atomic mass is 32.2. The third kappa shape index (κ3) is 8.94. The minimum absolute atomic E-state index is 0.151. The van der Waals surface area contributed by atoms with Gasteiger partial charge in [0.15, 0.2) is 0 Å². The fourth-order valence-corrected chi connectivity index (χ4v) is 11.2. The van der Waals surface area contributed by atoms with Crippen LogP contribution in [0.2, 0.25) is 0 Å². The Hall–Kier alpha value is -4.76. The van der Waals surface area contributed by atoms with Crippen molar-refractivity contribution < 1.29 is 35.9 Å². The van der Waals surface area contributed by atoms with E-state index in [4.69, 9.17) is 9.47 Å². The third-order valence-electron chi connectivity index (χ3n) is 10.4. The van der Waals surface area contributed by atoms with Gasteiger partial charge < -0.3 is 20.1 Å². The first-order valence-corrected chi connectivity index (χ1v) is 21.7. The largest absolute Gasteiger partial charge is 0.495 e. The van der Waals surface area contributed by atoms with Gasteiger partial charge in [-0.2, -0.15) is 8.61 Å². The molecule has 2 saturated heterocycles. The molecule has 14 heteroatoms. The van der Waals surface area contributed by atoms with E-state index in [2.05, 4.69) is 38.3 Å². The Labute approximate surface area is 330 Å². The van der Waals surface area contributed by atoms with Crippen LogP contribution in [0.25, 0.3) is 11.1 Å². The van der Waals surface area contributed by atoms with Gasteiger partial charge in [-0.25, -0.2) is 16.8 Å². The summed E-state index contributed by atoms with van der Waals surface area (Å²) >= 11 is 0. The molecule has 2 fully saturated rings. The number of amides is 2.